The van der Waals surface area contributed by atoms with Crippen molar-refractivity contribution in [2.24, 2.45) is 12.9 Å². The minimum Gasteiger partial charge on any atom is -0.275 e. The molecule has 1 aromatic heterocycles. The van der Waals surface area contributed by atoms with E-state index in [1.54, 1.807) is 9.69 Å². The molecule has 4 heteroatoms. The lowest BCUT2D eigenvalue weighted by atomic mass is 10.3. The van der Waals surface area contributed by atoms with Crippen LogP contribution in [0.5, 0.6) is 0 Å². The van der Waals surface area contributed by atoms with Gasteiger partial charge in [-0.2, -0.15) is 5.10 Å². The second-order valence-corrected chi connectivity index (χ2v) is 2.83. The minimum atomic E-state index is 0.750. The summed E-state index contributed by atoms with van der Waals surface area (Å²) in [6.45, 7) is 2.73. The van der Waals surface area contributed by atoms with E-state index < -0.39 is 0 Å². The van der Waals surface area contributed by atoms with Crippen LogP contribution in [0.2, 0.25) is 0 Å². The van der Waals surface area contributed by atoms with Crippen LogP contribution in [0, 0.1) is 6.92 Å². The van der Waals surface area contributed by atoms with E-state index >= 15 is 0 Å². The van der Waals surface area contributed by atoms with Crippen LogP contribution >= 0.6 is 0 Å². The van der Waals surface area contributed by atoms with E-state index in [2.05, 4.69) is 5.10 Å². The van der Waals surface area contributed by atoms with Crippen LogP contribution in [0.1, 0.15) is 11.3 Å². The number of aromatic nitrogens is 2. The van der Waals surface area contributed by atoms with Gasteiger partial charge in [-0.1, -0.05) is 0 Å². The molecular weight excluding hydrogens is 140 g/mol. The first-order chi connectivity index (χ1) is 5.09. The fraction of sp³-hybridized carbons (Fsp3) is 0.571. The molecule has 0 aliphatic rings. The zero-order valence-electron chi connectivity index (χ0n) is 7.20. The van der Waals surface area contributed by atoms with E-state index in [0.29, 0.717) is 0 Å². The molecule has 0 saturated heterocycles. The molecule has 62 valence electrons. The highest BCUT2D eigenvalue weighted by Gasteiger charge is 2.02. The van der Waals surface area contributed by atoms with Crippen molar-refractivity contribution in [1.82, 2.24) is 14.8 Å². The summed E-state index contributed by atoms with van der Waals surface area (Å²) in [5.74, 6) is 5.50. The monoisotopic (exact) mass is 154 g/mol. The first kappa shape index (κ1) is 8.23. The van der Waals surface area contributed by atoms with Gasteiger partial charge in [-0.05, 0) is 6.92 Å². The third-order valence-electron chi connectivity index (χ3n) is 1.53. The normalized spacial score (nSPS) is 11.0. The SMILES string of the molecule is Cc1nn(C)cc1CN(C)N. The molecule has 0 radical (unpaired) electrons. The molecule has 0 unspecified atom stereocenters. The predicted octanol–water partition coefficient (Wildman–Crippen LogP) is 0.0340. The summed E-state index contributed by atoms with van der Waals surface area (Å²) in [5.41, 5.74) is 2.22. The molecule has 1 rings (SSSR count). The fourth-order valence-electron chi connectivity index (χ4n) is 1.07. The lowest BCUT2D eigenvalue weighted by Gasteiger charge is -2.06. The largest absolute Gasteiger partial charge is 0.275 e. The van der Waals surface area contributed by atoms with Crippen molar-refractivity contribution < 1.29 is 0 Å². The molecule has 0 atom stereocenters. The first-order valence-electron chi connectivity index (χ1n) is 3.54. The number of aryl methyl sites for hydroxylation is 2. The molecular formula is C7H14N4. The highest BCUT2D eigenvalue weighted by atomic mass is 15.4. The quantitative estimate of drug-likeness (QED) is 0.483. The van der Waals surface area contributed by atoms with Crippen molar-refractivity contribution in [2.45, 2.75) is 13.5 Å². The Labute approximate surface area is 66.6 Å². The molecule has 1 heterocycles. The Bertz CT molecular complexity index is 239. The van der Waals surface area contributed by atoms with Gasteiger partial charge in [0.05, 0.1) is 5.69 Å². The summed E-state index contributed by atoms with van der Waals surface area (Å²) in [6.07, 6.45) is 1.98. The summed E-state index contributed by atoms with van der Waals surface area (Å²) >= 11 is 0. The minimum absolute atomic E-state index is 0.750. The maximum Gasteiger partial charge on any atom is 0.0639 e. The zero-order valence-corrected chi connectivity index (χ0v) is 7.20. The number of hydrazine groups is 1. The Morgan fingerprint density at radius 2 is 2.36 bits per heavy atom. The van der Waals surface area contributed by atoms with Crippen LogP contribution < -0.4 is 5.84 Å². The number of hydrogen-bond donors (Lipinski definition) is 1. The van der Waals surface area contributed by atoms with Crippen LogP contribution in [-0.4, -0.2) is 21.8 Å². The first-order valence-corrected chi connectivity index (χ1v) is 3.54. The van der Waals surface area contributed by atoms with Crippen molar-refractivity contribution in [3.8, 4) is 0 Å². The Hall–Kier alpha value is -0.870. The molecule has 0 aliphatic carbocycles. The van der Waals surface area contributed by atoms with Crippen LogP contribution in [0.4, 0.5) is 0 Å². The third-order valence-corrected chi connectivity index (χ3v) is 1.53. The standard InChI is InChI=1S/C7H14N4/c1-6-7(4-10(2)8)5-11(3)9-6/h5H,4,8H2,1-3H3. The predicted molar refractivity (Wildman–Crippen MR) is 43.6 cm³/mol. The molecule has 0 spiro atoms. The van der Waals surface area contributed by atoms with E-state index in [4.69, 9.17) is 5.84 Å². The molecule has 1 aromatic rings. The van der Waals surface area contributed by atoms with Gasteiger partial charge >= 0.3 is 0 Å². The van der Waals surface area contributed by atoms with Crippen molar-refractivity contribution >= 4 is 0 Å². The molecule has 0 aliphatic heterocycles. The molecule has 0 fully saturated rings. The number of nitrogens with two attached hydrogens (primary N) is 1. The molecule has 4 nitrogen and oxygen atoms in total. The van der Waals surface area contributed by atoms with E-state index in [1.165, 1.54) is 5.56 Å². The highest BCUT2D eigenvalue weighted by Crippen LogP contribution is 2.04. The number of nitrogens with zero attached hydrogens (tertiary/aromatic N) is 3. The highest BCUT2D eigenvalue weighted by molar-refractivity contribution is 5.14. The van der Waals surface area contributed by atoms with Gasteiger partial charge < -0.3 is 0 Å². The van der Waals surface area contributed by atoms with Crippen LogP contribution in [0.15, 0.2) is 6.20 Å². The average Bonchev–Trinajstić information content (AvgIpc) is 2.09. The van der Waals surface area contributed by atoms with Crippen LogP contribution in [-0.2, 0) is 13.6 Å². The van der Waals surface area contributed by atoms with Gasteiger partial charge in [-0.25, -0.2) is 5.01 Å². The Morgan fingerprint density at radius 3 is 2.73 bits per heavy atom. The summed E-state index contributed by atoms with van der Waals surface area (Å²) in [6, 6.07) is 0. The van der Waals surface area contributed by atoms with Crippen molar-refractivity contribution in [3.05, 3.63) is 17.5 Å². The second kappa shape index (κ2) is 3.02. The number of hydrogen-bond acceptors (Lipinski definition) is 3. The Kier molecular flexibility index (Phi) is 2.26. The average molecular weight is 154 g/mol. The second-order valence-electron chi connectivity index (χ2n) is 2.83. The van der Waals surface area contributed by atoms with E-state index in [-0.39, 0.29) is 0 Å². The van der Waals surface area contributed by atoms with Gasteiger partial charge in [-0.3, -0.25) is 10.5 Å². The Balaban J connectivity index is 2.77. The lowest BCUT2D eigenvalue weighted by Crippen LogP contribution is -2.25. The van der Waals surface area contributed by atoms with E-state index in [1.807, 2.05) is 27.2 Å². The van der Waals surface area contributed by atoms with Gasteiger partial charge in [0.25, 0.3) is 0 Å². The lowest BCUT2D eigenvalue weighted by molar-refractivity contribution is 0.341. The Morgan fingerprint density at radius 1 is 1.73 bits per heavy atom. The fourth-order valence-corrected chi connectivity index (χ4v) is 1.07. The van der Waals surface area contributed by atoms with Gasteiger partial charge in [0.2, 0.25) is 0 Å². The van der Waals surface area contributed by atoms with Crippen molar-refractivity contribution in [2.75, 3.05) is 7.05 Å². The number of rotatable bonds is 2. The maximum atomic E-state index is 5.50. The van der Waals surface area contributed by atoms with E-state index in [9.17, 15) is 0 Å². The third kappa shape index (κ3) is 2.03. The molecule has 0 aromatic carbocycles. The molecule has 11 heavy (non-hydrogen) atoms. The smallest absolute Gasteiger partial charge is 0.0639 e. The van der Waals surface area contributed by atoms with Gasteiger partial charge in [0, 0.05) is 32.4 Å². The van der Waals surface area contributed by atoms with Crippen molar-refractivity contribution in [3.63, 3.8) is 0 Å². The van der Waals surface area contributed by atoms with Crippen LogP contribution in [0.3, 0.4) is 0 Å². The summed E-state index contributed by atoms with van der Waals surface area (Å²) < 4.78 is 1.80. The summed E-state index contributed by atoms with van der Waals surface area (Å²) in [7, 11) is 3.75. The van der Waals surface area contributed by atoms with Crippen LogP contribution in [0.25, 0.3) is 0 Å². The zero-order chi connectivity index (χ0) is 8.43. The van der Waals surface area contributed by atoms with Gasteiger partial charge in [0.1, 0.15) is 0 Å². The maximum absolute atomic E-state index is 5.50. The molecule has 0 saturated carbocycles. The molecule has 2 N–H and O–H groups in total. The summed E-state index contributed by atoms with van der Waals surface area (Å²) in [5, 5.41) is 5.84. The summed E-state index contributed by atoms with van der Waals surface area (Å²) in [4.78, 5) is 0. The molecule has 0 bridgehead atoms. The van der Waals surface area contributed by atoms with Gasteiger partial charge in [-0.15, -0.1) is 0 Å². The van der Waals surface area contributed by atoms with Crippen molar-refractivity contribution in [1.29, 1.82) is 0 Å². The van der Waals surface area contributed by atoms with E-state index in [0.717, 1.165) is 12.2 Å². The van der Waals surface area contributed by atoms with Gasteiger partial charge in [0.15, 0.2) is 0 Å². The topological polar surface area (TPSA) is 47.1 Å². The molecule has 0 amide bonds.